The van der Waals surface area contributed by atoms with Gasteiger partial charge in [-0.05, 0) is 30.5 Å². The Morgan fingerprint density at radius 3 is 2.13 bits per heavy atom. The van der Waals surface area contributed by atoms with Crippen molar-refractivity contribution < 1.29 is 14.1 Å². The number of aryl methyl sites for hydroxylation is 1. The molecular weight excluding hydrogens is 388 g/mol. The lowest BCUT2D eigenvalue weighted by atomic mass is 9.96. The Labute approximate surface area is 181 Å². The number of carbonyl (C=O) groups is 1. The van der Waals surface area contributed by atoms with Crippen LogP contribution in [0.1, 0.15) is 29.8 Å². The van der Waals surface area contributed by atoms with Gasteiger partial charge in [-0.15, -0.1) is 0 Å². The normalized spacial score (nSPS) is 11.7. The molecular formula is C26H24N2O3. The fourth-order valence-electron chi connectivity index (χ4n) is 3.55. The van der Waals surface area contributed by atoms with Gasteiger partial charge in [0.2, 0.25) is 0 Å². The third kappa shape index (κ3) is 4.51. The third-order valence-corrected chi connectivity index (χ3v) is 5.07. The van der Waals surface area contributed by atoms with Crippen LogP contribution in [-0.4, -0.2) is 17.8 Å². The standard InChI is InChI=1S/C26H24N2O3/c1-3-27-26(29)30-24(21-12-8-5-9-13-21)23-18(2)28-31-25(23)22-16-14-20(15-17-22)19-10-6-4-7-11-19/h4-17,24H,3H2,1-2H3,(H,27,29)/t24-/m0/s1. The molecule has 5 heteroatoms. The molecule has 0 spiro atoms. The Morgan fingerprint density at radius 2 is 1.48 bits per heavy atom. The van der Waals surface area contributed by atoms with E-state index in [9.17, 15) is 4.79 Å². The maximum atomic E-state index is 12.3. The maximum absolute atomic E-state index is 12.3. The highest BCUT2D eigenvalue weighted by molar-refractivity contribution is 5.72. The summed E-state index contributed by atoms with van der Waals surface area (Å²) in [6, 6.07) is 27.9. The molecule has 0 aliphatic rings. The molecule has 5 nitrogen and oxygen atoms in total. The molecule has 1 atom stereocenters. The minimum atomic E-state index is -0.636. The average Bonchev–Trinajstić information content (AvgIpc) is 3.20. The van der Waals surface area contributed by atoms with Crippen LogP contribution in [0.5, 0.6) is 0 Å². The van der Waals surface area contributed by atoms with E-state index in [1.165, 1.54) is 0 Å². The van der Waals surface area contributed by atoms with Gasteiger partial charge in [0, 0.05) is 12.1 Å². The molecule has 1 heterocycles. The predicted octanol–water partition coefficient (Wildman–Crippen LogP) is 6.15. The number of amides is 1. The molecule has 1 amide bonds. The van der Waals surface area contributed by atoms with Crippen molar-refractivity contribution in [3.63, 3.8) is 0 Å². The molecule has 0 unspecified atom stereocenters. The highest BCUT2D eigenvalue weighted by Crippen LogP contribution is 2.37. The van der Waals surface area contributed by atoms with E-state index in [1.807, 2.05) is 74.5 Å². The van der Waals surface area contributed by atoms with Crippen molar-refractivity contribution in [3.05, 3.63) is 102 Å². The fourth-order valence-corrected chi connectivity index (χ4v) is 3.55. The van der Waals surface area contributed by atoms with Crippen LogP contribution in [0.15, 0.2) is 89.5 Å². The van der Waals surface area contributed by atoms with E-state index in [-0.39, 0.29) is 0 Å². The Hall–Kier alpha value is -3.86. The van der Waals surface area contributed by atoms with Crippen LogP contribution >= 0.6 is 0 Å². The van der Waals surface area contributed by atoms with E-state index in [0.29, 0.717) is 18.0 Å². The molecule has 1 N–H and O–H groups in total. The second-order valence-electron chi connectivity index (χ2n) is 7.18. The van der Waals surface area contributed by atoms with Crippen LogP contribution < -0.4 is 5.32 Å². The minimum absolute atomic E-state index is 0.483. The molecule has 156 valence electrons. The highest BCUT2D eigenvalue weighted by atomic mass is 16.6. The highest BCUT2D eigenvalue weighted by Gasteiger charge is 2.28. The first-order valence-corrected chi connectivity index (χ1v) is 10.3. The number of nitrogens with zero attached hydrogens (tertiary/aromatic N) is 1. The lowest BCUT2D eigenvalue weighted by Crippen LogP contribution is -2.26. The number of ether oxygens (including phenoxy) is 1. The number of carbonyl (C=O) groups excluding carboxylic acids is 1. The Balaban J connectivity index is 1.73. The molecule has 4 rings (SSSR count). The molecule has 0 aliphatic carbocycles. The van der Waals surface area contributed by atoms with Gasteiger partial charge < -0.3 is 14.6 Å². The fraction of sp³-hybridized carbons (Fsp3) is 0.154. The summed E-state index contributed by atoms with van der Waals surface area (Å²) in [5, 5.41) is 6.89. The number of hydrogen-bond donors (Lipinski definition) is 1. The van der Waals surface area contributed by atoms with Crippen LogP contribution in [0, 0.1) is 6.92 Å². The molecule has 4 aromatic rings. The van der Waals surface area contributed by atoms with Gasteiger partial charge in [-0.2, -0.15) is 0 Å². The molecule has 31 heavy (non-hydrogen) atoms. The SMILES string of the molecule is CCNC(=O)O[C@@H](c1ccccc1)c1c(C)noc1-c1ccc(-c2ccccc2)cc1. The van der Waals surface area contributed by atoms with E-state index in [2.05, 4.69) is 34.7 Å². The van der Waals surface area contributed by atoms with Gasteiger partial charge >= 0.3 is 6.09 Å². The Morgan fingerprint density at radius 1 is 0.903 bits per heavy atom. The monoisotopic (exact) mass is 412 g/mol. The molecule has 3 aromatic carbocycles. The van der Waals surface area contributed by atoms with Crippen molar-refractivity contribution >= 4 is 6.09 Å². The zero-order valence-corrected chi connectivity index (χ0v) is 17.5. The van der Waals surface area contributed by atoms with Crippen molar-refractivity contribution in [2.45, 2.75) is 20.0 Å². The summed E-state index contributed by atoms with van der Waals surface area (Å²) < 4.78 is 11.5. The van der Waals surface area contributed by atoms with Crippen molar-refractivity contribution in [1.82, 2.24) is 10.5 Å². The first-order chi connectivity index (χ1) is 15.2. The van der Waals surface area contributed by atoms with Crippen LogP contribution in [0.2, 0.25) is 0 Å². The van der Waals surface area contributed by atoms with Gasteiger partial charge in [0.1, 0.15) is 0 Å². The van der Waals surface area contributed by atoms with E-state index >= 15 is 0 Å². The van der Waals surface area contributed by atoms with Gasteiger partial charge in [-0.25, -0.2) is 4.79 Å². The molecule has 0 saturated heterocycles. The topological polar surface area (TPSA) is 64.4 Å². The van der Waals surface area contributed by atoms with Crippen molar-refractivity contribution in [2.75, 3.05) is 6.54 Å². The molecule has 0 bridgehead atoms. The first kappa shape index (κ1) is 20.4. The van der Waals surface area contributed by atoms with E-state index < -0.39 is 12.2 Å². The number of hydrogen-bond acceptors (Lipinski definition) is 4. The van der Waals surface area contributed by atoms with Crippen LogP contribution in [0.4, 0.5) is 4.79 Å². The summed E-state index contributed by atoms with van der Waals surface area (Å²) in [7, 11) is 0. The van der Waals surface area contributed by atoms with E-state index in [0.717, 1.165) is 27.8 Å². The lowest BCUT2D eigenvalue weighted by molar-refractivity contribution is 0.117. The second kappa shape index (κ2) is 9.30. The summed E-state index contributed by atoms with van der Waals surface area (Å²) in [5.74, 6) is 0.593. The summed E-state index contributed by atoms with van der Waals surface area (Å²) in [4.78, 5) is 12.3. The zero-order valence-electron chi connectivity index (χ0n) is 17.5. The summed E-state index contributed by atoms with van der Waals surface area (Å²) in [5.41, 5.74) is 5.40. The predicted molar refractivity (Wildman–Crippen MR) is 121 cm³/mol. The van der Waals surface area contributed by atoms with E-state index in [4.69, 9.17) is 9.26 Å². The van der Waals surface area contributed by atoms with Gasteiger partial charge in [-0.1, -0.05) is 90.1 Å². The van der Waals surface area contributed by atoms with Crippen molar-refractivity contribution in [2.24, 2.45) is 0 Å². The maximum Gasteiger partial charge on any atom is 0.408 e. The number of alkyl carbamates (subject to hydrolysis) is 1. The number of benzene rings is 3. The van der Waals surface area contributed by atoms with Crippen LogP contribution in [-0.2, 0) is 4.74 Å². The quantitative estimate of drug-likeness (QED) is 0.412. The summed E-state index contributed by atoms with van der Waals surface area (Å²) >= 11 is 0. The van der Waals surface area contributed by atoms with Crippen molar-refractivity contribution in [3.8, 4) is 22.5 Å². The lowest BCUT2D eigenvalue weighted by Gasteiger charge is -2.19. The minimum Gasteiger partial charge on any atom is -0.436 e. The molecule has 0 fully saturated rings. The zero-order chi connectivity index (χ0) is 21.6. The average molecular weight is 412 g/mol. The summed E-state index contributed by atoms with van der Waals surface area (Å²) in [6.45, 7) is 4.19. The summed E-state index contributed by atoms with van der Waals surface area (Å²) in [6.07, 6.45) is -1.12. The molecule has 0 saturated carbocycles. The van der Waals surface area contributed by atoms with Gasteiger partial charge in [0.15, 0.2) is 11.9 Å². The number of rotatable bonds is 6. The van der Waals surface area contributed by atoms with Gasteiger partial charge in [0.25, 0.3) is 0 Å². The van der Waals surface area contributed by atoms with Crippen LogP contribution in [0.25, 0.3) is 22.5 Å². The molecule has 0 radical (unpaired) electrons. The Kier molecular flexibility index (Phi) is 6.13. The van der Waals surface area contributed by atoms with Gasteiger partial charge in [-0.3, -0.25) is 0 Å². The smallest absolute Gasteiger partial charge is 0.408 e. The van der Waals surface area contributed by atoms with E-state index in [1.54, 1.807) is 0 Å². The van der Waals surface area contributed by atoms with Gasteiger partial charge in [0.05, 0.1) is 11.3 Å². The largest absolute Gasteiger partial charge is 0.436 e. The number of nitrogens with one attached hydrogen (secondary N) is 1. The first-order valence-electron chi connectivity index (χ1n) is 10.3. The second-order valence-corrected chi connectivity index (χ2v) is 7.18. The number of aromatic nitrogens is 1. The Bertz CT molecular complexity index is 1140. The molecule has 0 aliphatic heterocycles. The van der Waals surface area contributed by atoms with Crippen LogP contribution in [0.3, 0.4) is 0 Å². The van der Waals surface area contributed by atoms with Crippen molar-refractivity contribution in [1.29, 1.82) is 0 Å². The third-order valence-electron chi connectivity index (χ3n) is 5.07. The molecule has 1 aromatic heterocycles.